The summed E-state index contributed by atoms with van der Waals surface area (Å²) in [6.07, 6.45) is 1.71. The highest BCUT2D eigenvalue weighted by atomic mass is 16.5. The van der Waals surface area contributed by atoms with Crippen molar-refractivity contribution in [1.82, 2.24) is 9.97 Å². The van der Waals surface area contributed by atoms with E-state index in [-0.39, 0.29) is 11.5 Å². The lowest BCUT2D eigenvalue weighted by Gasteiger charge is -2.27. The number of pyridine rings is 2. The molecule has 0 saturated carbocycles. The van der Waals surface area contributed by atoms with Crippen LogP contribution in [0, 0.1) is 5.41 Å². The number of aromatic nitrogens is 2. The monoisotopic (exact) mass is 453 g/mol. The highest BCUT2D eigenvalue weighted by Crippen LogP contribution is 2.27. The molecule has 1 aliphatic heterocycles. The normalized spacial score (nSPS) is 14.8. The van der Waals surface area contributed by atoms with Crippen molar-refractivity contribution in [3.63, 3.8) is 0 Å². The van der Waals surface area contributed by atoms with Crippen molar-refractivity contribution in [2.45, 2.75) is 12.8 Å². The number of fused-ring (bicyclic) bond motifs is 1. The predicted octanol–water partition coefficient (Wildman–Crippen LogP) is 3.91. The van der Waals surface area contributed by atoms with E-state index in [1.807, 2.05) is 61.5 Å². The summed E-state index contributed by atoms with van der Waals surface area (Å²) < 4.78 is 5.41. The van der Waals surface area contributed by atoms with Crippen LogP contribution in [0.4, 0.5) is 11.5 Å². The summed E-state index contributed by atoms with van der Waals surface area (Å²) in [5, 5.41) is 9.63. The maximum Gasteiger partial charge on any atom is 0.252 e. The second-order valence-corrected chi connectivity index (χ2v) is 8.59. The molecule has 1 unspecified atom stereocenters. The van der Waals surface area contributed by atoms with Crippen molar-refractivity contribution >= 4 is 28.1 Å². The van der Waals surface area contributed by atoms with Crippen molar-refractivity contribution in [2.75, 3.05) is 36.9 Å². The molecule has 5 rings (SSSR count). The van der Waals surface area contributed by atoms with Crippen LogP contribution in [0.1, 0.15) is 35.1 Å². The fourth-order valence-electron chi connectivity index (χ4n) is 4.42. The van der Waals surface area contributed by atoms with E-state index in [1.165, 1.54) is 0 Å². The maximum absolute atomic E-state index is 12.8. The number of hydrogen-bond donors (Lipinski definition) is 3. The van der Waals surface area contributed by atoms with Gasteiger partial charge in [0.2, 0.25) is 0 Å². The third-order valence-corrected chi connectivity index (χ3v) is 6.45. The van der Waals surface area contributed by atoms with Crippen molar-refractivity contribution in [3.05, 3.63) is 99.5 Å². The molecule has 2 aromatic carbocycles. The van der Waals surface area contributed by atoms with Gasteiger partial charge in [0.15, 0.2) is 0 Å². The molecular formula is C27H27N5O2. The zero-order valence-electron chi connectivity index (χ0n) is 19.0. The van der Waals surface area contributed by atoms with E-state index >= 15 is 0 Å². The average molecular weight is 454 g/mol. The third-order valence-electron chi connectivity index (χ3n) is 6.45. The van der Waals surface area contributed by atoms with Gasteiger partial charge in [-0.2, -0.15) is 0 Å². The first-order chi connectivity index (χ1) is 16.5. The summed E-state index contributed by atoms with van der Waals surface area (Å²) in [6, 6.07) is 19.3. The number of hydrogen-bond acceptors (Lipinski definition) is 6. The number of ether oxygens (including phenoxy) is 1. The summed E-state index contributed by atoms with van der Waals surface area (Å²) in [7, 11) is 0. The molecule has 7 nitrogen and oxygen atoms in total. The highest BCUT2D eigenvalue weighted by molar-refractivity contribution is 6.15. The fraction of sp³-hybridized carbons (Fsp3) is 0.222. The number of rotatable bonds is 5. The van der Waals surface area contributed by atoms with Crippen LogP contribution in [0.3, 0.4) is 0 Å². The first-order valence-electron chi connectivity index (χ1n) is 11.4. The lowest BCUT2D eigenvalue weighted by Crippen LogP contribution is -2.36. The number of H-pyrrole nitrogens is 1. The predicted molar refractivity (Wildman–Crippen MR) is 136 cm³/mol. The van der Waals surface area contributed by atoms with Gasteiger partial charge < -0.3 is 20.4 Å². The molecule has 0 bridgehead atoms. The van der Waals surface area contributed by atoms with Gasteiger partial charge in [0.05, 0.1) is 24.4 Å². The Bertz CT molecular complexity index is 1390. The SMILES string of the molecule is CC(c1ccccc1)c1cc2cc(C(=N)c3ccc(N4CCOCC4)nc3)c(N)cc2[nH]c1=O. The number of aromatic amines is 1. The Hall–Kier alpha value is -3.97. The quantitative estimate of drug-likeness (QED) is 0.314. The first-order valence-corrected chi connectivity index (χ1v) is 11.4. The number of morpholine rings is 1. The van der Waals surface area contributed by atoms with Crippen LogP contribution in [0.15, 0.2) is 71.7 Å². The number of nitrogens with two attached hydrogens (primary N) is 1. The minimum absolute atomic E-state index is 0.0632. The van der Waals surface area contributed by atoms with Crippen molar-refractivity contribution < 1.29 is 4.74 Å². The van der Waals surface area contributed by atoms with Crippen LogP contribution in [0.25, 0.3) is 10.9 Å². The molecule has 1 atom stereocenters. The number of nitrogens with zero attached hydrogens (tertiary/aromatic N) is 2. The van der Waals surface area contributed by atoms with Crippen LogP contribution in [0.5, 0.6) is 0 Å². The van der Waals surface area contributed by atoms with E-state index in [9.17, 15) is 4.79 Å². The number of nitrogen functional groups attached to an aromatic ring is 1. The molecule has 3 heterocycles. The Morgan fingerprint density at radius 1 is 1.12 bits per heavy atom. The molecule has 1 saturated heterocycles. The zero-order valence-corrected chi connectivity index (χ0v) is 19.0. The van der Waals surface area contributed by atoms with Crippen LogP contribution in [-0.4, -0.2) is 42.0 Å². The van der Waals surface area contributed by atoms with E-state index in [2.05, 4.69) is 14.9 Å². The molecule has 0 spiro atoms. The minimum Gasteiger partial charge on any atom is -0.398 e. The van der Waals surface area contributed by atoms with Gasteiger partial charge in [-0.05, 0) is 41.3 Å². The summed E-state index contributed by atoms with van der Waals surface area (Å²) in [5.41, 5.74) is 10.6. The Morgan fingerprint density at radius 2 is 1.88 bits per heavy atom. The standard InChI is InChI=1S/C27H27N5O2/c1-17(18-5-3-2-4-6-18)21-13-20-14-22(23(28)15-24(20)31-27(21)33)26(29)19-7-8-25(30-16-19)32-9-11-34-12-10-32/h2-8,13-17,29H,9-12,28H2,1H3,(H,31,33). The highest BCUT2D eigenvalue weighted by Gasteiger charge is 2.17. The largest absolute Gasteiger partial charge is 0.398 e. The zero-order chi connectivity index (χ0) is 23.7. The number of benzene rings is 2. The molecule has 34 heavy (non-hydrogen) atoms. The molecule has 4 aromatic rings. The molecule has 0 radical (unpaired) electrons. The molecule has 0 aliphatic carbocycles. The van der Waals surface area contributed by atoms with Gasteiger partial charge in [-0.15, -0.1) is 0 Å². The Balaban J connectivity index is 1.48. The topological polar surface area (TPSA) is 108 Å². The molecule has 1 fully saturated rings. The van der Waals surface area contributed by atoms with E-state index in [4.69, 9.17) is 15.9 Å². The van der Waals surface area contributed by atoms with Crippen LogP contribution < -0.4 is 16.2 Å². The number of anilines is 2. The van der Waals surface area contributed by atoms with E-state index in [0.717, 1.165) is 29.9 Å². The van der Waals surface area contributed by atoms with Gasteiger partial charge in [0, 0.05) is 47.6 Å². The molecule has 2 aromatic heterocycles. The Morgan fingerprint density at radius 3 is 2.59 bits per heavy atom. The van der Waals surface area contributed by atoms with Crippen molar-refractivity contribution in [1.29, 1.82) is 5.41 Å². The van der Waals surface area contributed by atoms with Crippen LogP contribution >= 0.6 is 0 Å². The Labute approximate surface area is 197 Å². The summed E-state index contributed by atoms with van der Waals surface area (Å²) in [4.78, 5) is 22.5. The van der Waals surface area contributed by atoms with Crippen molar-refractivity contribution in [2.24, 2.45) is 0 Å². The maximum atomic E-state index is 12.8. The fourth-order valence-corrected chi connectivity index (χ4v) is 4.42. The molecule has 1 aliphatic rings. The molecule has 0 amide bonds. The molecule has 172 valence electrons. The van der Waals surface area contributed by atoms with E-state index in [1.54, 1.807) is 12.3 Å². The van der Waals surface area contributed by atoms with Gasteiger partial charge in [0.1, 0.15) is 5.82 Å². The lowest BCUT2D eigenvalue weighted by molar-refractivity contribution is 0.122. The number of nitrogens with one attached hydrogen (secondary N) is 2. The summed E-state index contributed by atoms with van der Waals surface area (Å²) >= 11 is 0. The van der Waals surface area contributed by atoms with Gasteiger partial charge in [-0.3, -0.25) is 10.2 Å². The van der Waals surface area contributed by atoms with E-state index < -0.39 is 0 Å². The second kappa shape index (κ2) is 9.11. The second-order valence-electron chi connectivity index (χ2n) is 8.59. The minimum atomic E-state index is -0.131. The van der Waals surface area contributed by atoms with Crippen LogP contribution in [-0.2, 0) is 4.74 Å². The average Bonchev–Trinajstić information content (AvgIpc) is 2.88. The first kappa shape index (κ1) is 21.9. The van der Waals surface area contributed by atoms with E-state index in [0.29, 0.717) is 46.8 Å². The molecule has 4 N–H and O–H groups in total. The van der Waals surface area contributed by atoms with Crippen molar-refractivity contribution in [3.8, 4) is 0 Å². The smallest absolute Gasteiger partial charge is 0.252 e. The molecule has 7 heteroatoms. The van der Waals surface area contributed by atoms with Gasteiger partial charge >= 0.3 is 0 Å². The van der Waals surface area contributed by atoms with Gasteiger partial charge in [-0.25, -0.2) is 4.98 Å². The van der Waals surface area contributed by atoms with Crippen LogP contribution in [0.2, 0.25) is 0 Å². The Kier molecular flexibility index (Phi) is 5.86. The van der Waals surface area contributed by atoms with Gasteiger partial charge in [-0.1, -0.05) is 37.3 Å². The summed E-state index contributed by atoms with van der Waals surface area (Å²) in [6.45, 7) is 5.03. The summed E-state index contributed by atoms with van der Waals surface area (Å²) in [5.74, 6) is 0.815. The van der Waals surface area contributed by atoms with Gasteiger partial charge in [0.25, 0.3) is 5.56 Å². The third kappa shape index (κ3) is 4.18. The molecular weight excluding hydrogens is 426 g/mol. The lowest BCUT2D eigenvalue weighted by atomic mass is 9.92.